The van der Waals surface area contributed by atoms with Crippen LogP contribution in [0.5, 0.6) is 0 Å². The average molecular weight is 291 g/mol. The molecule has 4 heteroatoms. The Kier molecular flexibility index (Phi) is 5.43. The Morgan fingerprint density at radius 2 is 2.05 bits per heavy atom. The fraction of sp³-hybridized carbons (Fsp3) is 0.765. The van der Waals surface area contributed by atoms with Crippen molar-refractivity contribution >= 4 is 5.91 Å². The maximum absolute atomic E-state index is 12.0. The van der Waals surface area contributed by atoms with Crippen molar-refractivity contribution < 1.29 is 4.79 Å². The third-order valence-electron chi connectivity index (χ3n) is 4.48. The number of carbonyl (C=O) groups excluding carboxylic acids is 1. The van der Waals surface area contributed by atoms with Crippen molar-refractivity contribution in [2.45, 2.75) is 59.9 Å². The van der Waals surface area contributed by atoms with Gasteiger partial charge in [0.15, 0.2) is 0 Å². The van der Waals surface area contributed by atoms with Crippen LogP contribution in [0, 0.1) is 18.8 Å². The number of hydrogen-bond acceptors (Lipinski definition) is 2. The Bertz CT molecular complexity index is 470. The molecular formula is C17H29N3O. The van der Waals surface area contributed by atoms with Crippen molar-refractivity contribution in [3.05, 3.63) is 17.7 Å². The summed E-state index contributed by atoms with van der Waals surface area (Å²) in [5.41, 5.74) is 1.26. The highest BCUT2D eigenvalue weighted by atomic mass is 16.2. The maximum atomic E-state index is 12.0. The van der Waals surface area contributed by atoms with Crippen LogP contribution < -0.4 is 0 Å². The molecule has 2 heterocycles. The molecule has 1 aromatic rings. The molecule has 21 heavy (non-hydrogen) atoms. The third-order valence-corrected chi connectivity index (χ3v) is 4.48. The average Bonchev–Trinajstić information content (AvgIpc) is 2.81. The van der Waals surface area contributed by atoms with E-state index in [0.717, 1.165) is 45.3 Å². The minimum absolute atomic E-state index is 0.118. The van der Waals surface area contributed by atoms with Gasteiger partial charge in [0.05, 0.1) is 0 Å². The number of aromatic nitrogens is 2. The SMILES string of the molecule is CCCn1c(C)cnc1CC1CCN(C(=O)C(C)C)CC1. The van der Waals surface area contributed by atoms with E-state index >= 15 is 0 Å². The second kappa shape index (κ2) is 7.10. The standard InChI is InChI=1S/C17H29N3O/c1-5-8-20-14(4)12-18-16(20)11-15-6-9-19(10-7-15)17(21)13(2)3/h12-13,15H,5-11H2,1-4H3. The molecule has 0 atom stereocenters. The molecular weight excluding hydrogens is 262 g/mol. The van der Waals surface area contributed by atoms with Gasteiger partial charge in [-0.15, -0.1) is 0 Å². The van der Waals surface area contributed by atoms with Crippen molar-refractivity contribution in [1.29, 1.82) is 0 Å². The summed E-state index contributed by atoms with van der Waals surface area (Å²) in [6.45, 7) is 11.2. The lowest BCUT2D eigenvalue weighted by Gasteiger charge is -2.33. The summed E-state index contributed by atoms with van der Waals surface area (Å²) in [7, 11) is 0. The number of carbonyl (C=O) groups is 1. The lowest BCUT2D eigenvalue weighted by atomic mass is 9.92. The highest BCUT2D eigenvalue weighted by Crippen LogP contribution is 2.23. The zero-order valence-corrected chi connectivity index (χ0v) is 13.9. The number of imidazole rings is 1. The van der Waals surface area contributed by atoms with E-state index in [2.05, 4.69) is 23.4 Å². The fourth-order valence-electron chi connectivity index (χ4n) is 3.18. The number of nitrogens with zero attached hydrogens (tertiary/aromatic N) is 3. The first-order chi connectivity index (χ1) is 10.0. The van der Waals surface area contributed by atoms with Gasteiger partial charge >= 0.3 is 0 Å². The number of rotatable bonds is 5. The number of hydrogen-bond donors (Lipinski definition) is 0. The van der Waals surface area contributed by atoms with Gasteiger partial charge in [0.2, 0.25) is 5.91 Å². The van der Waals surface area contributed by atoms with Crippen molar-refractivity contribution in [3.8, 4) is 0 Å². The minimum atomic E-state index is 0.118. The molecule has 0 N–H and O–H groups in total. The molecule has 0 aliphatic carbocycles. The number of amides is 1. The molecule has 1 aromatic heterocycles. The molecule has 0 bridgehead atoms. The first-order valence-corrected chi connectivity index (χ1v) is 8.32. The zero-order chi connectivity index (χ0) is 15.4. The molecule has 0 unspecified atom stereocenters. The summed E-state index contributed by atoms with van der Waals surface area (Å²) >= 11 is 0. The largest absolute Gasteiger partial charge is 0.342 e. The lowest BCUT2D eigenvalue weighted by molar-refractivity contribution is -0.135. The van der Waals surface area contributed by atoms with Crippen LogP contribution in [-0.2, 0) is 17.8 Å². The second-order valence-corrected chi connectivity index (χ2v) is 6.59. The van der Waals surface area contributed by atoms with E-state index in [4.69, 9.17) is 0 Å². The minimum Gasteiger partial charge on any atom is -0.342 e. The Morgan fingerprint density at radius 3 is 2.62 bits per heavy atom. The molecule has 1 aliphatic heterocycles. The Morgan fingerprint density at radius 1 is 1.38 bits per heavy atom. The molecule has 0 radical (unpaired) electrons. The molecule has 0 aromatic carbocycles. The summed E-state index contributed by atoms with van der Waals surface area (Å²) in [4.78, 5) is 18.6. The summed E-state index contributed by atoms with van der Waals surface area (Å²) in [6, 6.07) is 0. The van der Waals surface area contributed by atoms with Crippen molar-refractivity contribution in [1.82, 2.24) is 14.5 Å². The van der Waals surface area contributed by atoms with Crippen LogP contribution >= 0.6 is 0 Å². The van der Waals surface area contributed by atoms with Gasteiger partial charge in [0, 0.05) is 43.9 Å². The Hall–Kier alpha value is -1.32. The van der Waals surface area contributed by atoms with Crippen LogP contribution in [0.1, 0.15) is 51.6 Å². The van der Waals surface area contributed by atoms with E-state index in [1.54, 1.807) is 0 Å². The first kappa shape index (κ1) is 16.1. The van der Waals surface area contributed by atoms with Crippen molar-refractivity contribution in [3.63, 3.8) is 0 Å². The molecule has 0 saturated carbocycles. The van der Waals surface area contributed by atoms with E-state index in [0.29, 0.717) is 11.8 Å². The van der Waals surface area contributed by atoms with E-state index in [1.165, 1.54) is 11.5 Å². The van der Waals surface area contributed by atoms with E-state index < -0.39 is 0 Å². The molecule has 1 amide bonds. The van der Waals surface area contributed by atoms with Crippen LogP contribution in [0.25, 0.3) is 0 Å². The van der Waals surface area contributed by atoms with Crippen LogP contribution in [0.2, 0.25) is 0 Å². The summed E-state index contributed by atoms with van der Waals surface area (Å²) in [5, 5.41) is 0. The van der Waals surface area contributed by atoms with Gasteiger partial charge in [0.1, 0.15) is 5.82 Å². The normalized spacial score (nSPS) is 16.7. The molecule has 1 saturated heterocycles. The fourth-order valence-corrected chi connectivity index (χ4v) is 3.18. The smallest absolute Gasteiger partial charge is 0.225 e. The molecule has 0 spiro atoms. The molecule has 1 aliphatic rings. The molecule has 118 valence electrons. The predicted octanol–water partition coefficient (Wildman–Crippen LogP) is 3.04. The summed E-state index contributed by atoms with van der Waals surface area (Å²) in [6.07, 6.45) is 6.40. The molecule has 2 rings (SSSR count). The second-order valence-electron chi connectivity index (χ2n) is 6.59. The van der Waals surface area contributed by atoms with Crippen LogP contribution in [0.3, 0.4) is 0 Å². The number of piperidine rings is 1. The van der Waals surface area contributed by atoms with E-state index in [1.807, 2.05) is 24.9 Å². The number of aryl methyl sites for hydroxylation is 1. The van der Waals surface area contributed by atoms with Gasteiger partial charge in [-0.1, -0.05) is 20.8 Å². The Labute approximate surface area is 128 Å². The molecule has 4 nitrogen and oxygen atoms in total. The summed E-state index contributed by atoms with van der Waals surface area (Å²) in [5.74, 6) is 2.31. The van der Waals surface area contributed by atoms with Crippen molar-refractivity contribution in [2.24, 2.45) is 11.8 Å². The highest BCUT2D eigenvalue weighted by Gasteiger charge is 2.25. The monoisotopic (exact) mass is 291 g/mol. The zero-order valence-electron chi connectivity index (χ0n) is 13.9. The van der Waals surface area contributed by atoms with Gasteiger partial charge in [-0.2, -0.15) is 0 Å². The third kappa shape index (κ3) is 3.86. The van der Waals surface area contributed by atoms with Crippen molar-refractivity contribution in [2.75, 3.05) is 13.1 Å². The van der Waals surface area contributed by atoms with Crippen LogP contribution in [0.15, 0.2) is 6.20 Å². The molecule has 1 fully saturated rings. The highest BCUT2D eigenvalue weighted by molar-refractivity contribution is 5.78. The predicted molar refractivity (Wildman–Crippen MR) is 85.1 cm³/mol. The quantitative estimate of drug-likeness (QED) is 0.836. The Balaban J connectivity index is 1.90. The topological polar surface area (TPSA) is 38.1 Å². The van der Waals surface area contributed by atoms with E-state index in [9.17, 15) is 4.79 Å². The lowest BCUT2D eigenvalue weighted by Crippen LogP contribution is -2.41. The van der Waals surface area contributed by atoms with E-state index in [-0.39, 0.29) is 5.92 Å². The van der Waals surface area contributed by atoms with Crippen LogP contribution in [0.4, 0.5) is 0 Å². The summed E-state index contributed by atoms with van der Waals surface area (Å²) < 4.78 is 2.35. The first-order valence-electron chi connectivity index (χ1n) is 8.32. The van der Waals surface area contributed by atoms with Gasteiger partial charge in [-0.25, -0.2) is 4.98 Å². The van der Waals surface area contributed by atoms with Gasteiger partial charge in [-0.05, 0) is 32.1 Å². The maximum Gasteiger partial charge on any atom is 0.225 e. The van der Waals surface area contributed by atoms with Gasteiger partial charge in [0.25, 0.3) is 0 Å². The number of likely N-dealkylation sites (tertiary alicyclic amines) is 1. The van der Waals surface area contributed by atoms with Gasteiger partial charge < -0.3 is 9.47 Å². The van der Waals surface area contributed by atoms with Gasteiger partial charge in [-0.3, -0.25) is 4.79 Å². The van der Waals surface area contributed by atoms with Crippen LogP contribution in [-0.4, -0.2) is 33.4 Å².